The number of carbonyl (C=O) groups excluding carboxylic acids is 1. The Morgan fingerprint density at radius 1 is 1.54 bits per heavy atom. The second kappa shape index (κ2) is 3.64. The fourth-order valence-corrected chi connectivity index (χ4v) is 1.37. The summed E-state index contributed by atoms with van der Waals surface area (Å²) < 4.78 is 0. The summed E-state index contributed by atoms with van der Waals surface area (Å²) in [5.41, 5.74) is -0.202. The molecule has 0 unspecified atom stereocenters. The molecule has 1 aliphatic heterocycles. The van der Waals surface area contributed by atoms with Gasteiger partial charge in [-0.05, 0) is 27.2 Å². The van der Waals surface area contributed by atoms with E-state index in [1.807, 2.05) is 20.8 Å². The van der Waals surface area contributed by atoms with Crippen LogP contribution in [0, 0.1) is 0 Å². The number of amides is 1. The monoisotopic (exact) mass is 186 g/mol. The van der Waals surface area contributed by atoms with E-state index < -0.39 is 0 Å². The Morgan fingerprint density at radius 2 is 2.15 bits per heavy atom. The van der Waals surface area contributed by atoms with Crippen molar-refractivity contribution in [1.29, 1.82) is 0 Å². The number of carbonyl (C=O) groups is 1. The van der Waals surface area contributed by atoms with Gasteiger partial charge in [-0.1, -0.05) is 0 Å². The molecule has 1 saturated heterocycles. The van der Waals surface area contributed by atoms with Gasteiger partial charge in [-0.3, -0.25) is 4.79 Å². The summed E-state index contributed by atoms with van der Waals surface area (Å²) in [6, 6.07) is -0.228. The molecule has 0 radical (unpaired) electrons. The molecular formula is C9H18N2O2. The van der Waals surface area contributed by atoms with Crippen LogP contribution >= 0.6 is 0 Å². The number of nitrogens with one attached hydrogen (secondary N) is 2. The molecular weight excluding hydrogens is 168 g/mol. The Labute approximate surface area is 78.7 Å². The summed E-state index contributed by atoms with van der Waals surface area (Å²) in [7, 11) is 0. The topological polar surface area (TPSA) is 61.4 Å². The van der Waals surface area contributed by atoms with Gasteiger partial charge in [0, 0.05) is 12.1 Å². The number of rotatable bonds is 1. The van der Waals surface area contributed by atoms with E-state index in [4.69, 9.17) is 0 Å². The molecule has 1 amide bonds. The minimum absolute atomic E-state index is 0.0240. The van der Waals surface area contributed by atoms with Gasteiger partial charge in [0.15, 0.2) is 0 Å². The number of aliphatic hydroxyl groups excluding tert-OH is 1. The van der Waals surface area contributed by atoms with Crippen molar-refractivity contribution in [3.8, 4) is 0 Å². The normalized spacial score (nSPS) is 28.9. The summed E-state index contributed by atoms with van der Waals surface area (Å²) in [6.45, 7) is 6.34. The average Bonchev–Trinajstić information content (AvgIpc) is 2.31. The molecule has 2 atom stereocenters. The Hall–Kier alpha value is -0.610. The molecule has 0 aromatic carbocycles. The van der Waals surface area contributed by atoms with Crippen LogP contribution in [0.25, 0.3) is 0 Å². The molecule has 0 bridgehead atoms. The Morgan fingerprint density at radius 3 is 2.54 bits per heavy atom. The van der Waals surface area contributed by atoms with Crippen LogP contribution in [-0.2, 0) is 4.79 Å². The zero-order valence-corrected chi connectivity index (χ0v) is 8.42. The second-order valence-electron chi connectivity index (χ2n) is 4.59. The van der Waals surface area contributed by atoms with E-state index in [-0.39, 0.29) is 23.6 Å². The van der Waals surface area contributed by atoms with Crippen molar-refractivity contribution >= 4 is 5.91 Å². The molecule has 13 heavy (non-hydrogen) atoms. The maximum absolute atomic E-state index is 11.5. The standard InChI is InChI=1S/C9H18N2O2/c1-9(2,3)11-8(13)7-4-6(12)5-10-7/h6-7,10,12H,4-5H2,1-3H3,(H,11,13)/t6-,7+/m1/s1. The van der Waals surface area contributed by atoms with Crippen molar-refractivity contribution in [2.45, 2.75) is 44.9 Å². The first-order chi connectivity index (χ1) is 5.88. The van der Waals surface area contributed by atoms with Gasteiger partial charge in [0.2, 0.25) is 5.91 Å². The van der Waals surface area contributed by atoms with Gasteiger partial charge in [0.25, 0.3) is 0 Å². The van der Waals surface area contributed by atoms with Gasteiger partial charge in [-0.15, -0.1) is 0 Å². The molecule has 0 spiro atoms. The summed E-state index contributed by atoms with van der Waals surface area (Å²) in [5, 5.41) is 15.0. The summed E-state index contributed by atoms with van der Waals surface area (Å²) in [4.78, 5) is 11.5. The summed E-state index contributed by atoms with van der Waals surface area (Å²) >= 11 is 0. The molecule has 0 aromatic heterocycles. The van der Waals surface area contributed by atoms with E-state index in [1.165, 1.54) is 0 Å². The highest BCUT2D eigenvalue weighted by atomic mass is 16.3. The van der Waals surface area contributed by atoms with Crippen LogP contribution < -0.4 is 10.6 Å². The number of aliphatic hydroxyl groups is 1. The third kappa shape index (κ3) is 3.32. The SMILES string of the molecule is CC(C)(C)NC(=O)[C@@H]1C[C@@H](O)CN1. The van der Waals surface area contributed by atoms with Gasteiger partial charge in [-0.2, -0.15) is 0 Å². The van der Waals surface area contributed by atoms with Gasteiger partial charge in [0.1, 0.15) is 0 Å². The highest BCUT2D eigenvalue weighted by molar-refractivity contribution is 5.82. The second-order valence-corrected chi connectivity index (χ2v) is 4.59. The van der Waals surface area contributed by atoms with Crippen molar-refractivity contribution in [3.63, 3.8) is 0 Å². The van der Waals surface area contributed by atoms with E-state index >= 15 is 0 Å². The lowest BCUT2D eigenvalue weighted by atomic mass is 10.1. The van der Waals surface area contributed by atoms with Crippen LogP contribution in [0.2, 0.25) is 0 Å². The molecule has 0 saturated carbocycles. The molecule has 1 aliphatic rings. The molecule has 4 nitrogen and oxygen atoms in total. The maximum Gasteiger partial charge on any atom is 0.237 e. The zero-order chi connectivity index (χ0) is 10.1. The van der Waals surface area contributed by atoms with Crippen LogP contribution in [0.15, 0.2) is 0 Å². The number of hydrogen-bond donors (Lipinski definition) is 3. The van der Waals surface area contributed by atoms with E-state index in [1.54, 1.807) is 0 Å². The first-order valence-electron chi connectivity index (χ1n) is 4.62. The predicted molar refractivity (Wildman–Crippen MR) is 50.3 cm³/mol. The molecule has 1 fully saturated rings. The first-order valence-corrected chi connectivity index (χ1v) is 4.62. The van der Waals surface area contributed by atoms with Gasteiger partial charge < -0.3 is 15.7 Å². The van der Waals surface area contributed by atoms with Crippen molar-refractivity contribution < 1.29 is 9.90 Å². The third-order valence-corrected chi connectivity index (χ3v) is 1.92. The maximum atomic E-state index is 11.5. The van der Waals surface area contributed by atoms with E-state index in [0.717, 1.165) is 0 Å². The first kappa shape index (κ1) is 10.5. The van der Waals surface area contributed by atoms with Crippen LogP contribution in [0.1, 0.15) is 27.2 Å². The summed E-state index contributed by atoms with van der Waals surface area (Å²) in [6.07, 6.45) is 0.137. The van der Waals surface area contributed by atoms with Gasteiger partial charge in [0.05, 0.1) is 12.1 Å². The fraction of sp³-hybridized carbons (Fsp3) is 0.889. The van der Waals surface area contributed by atoms with Gasteiger partial charge >= 0.3 is 0 Å². The lowest BCUT2D eigenvalue weighted by Gasteiger charge is -2.22. The quantitative estimate of drug-likeness (QED) is 0.523. The molecule has 4 heteroatoms. The van der Waals surface area contributed by atoms with Crippen molar-refractivity contribution in [2.75, 3.05) is 6.54 Å². The summed E-state index contributed by atoms with van der Waals surface area (Å²) in [5.74, 6) is -0.0240. The van der Waals surface area contributed by atoms with Crippen LogP contribution in [0.4, 0.5) is 0 Å². The van der Waals surface area contributed by atoms with Crippen molar-refractivity contribution in [2.24, 2.45) is 0 Å². The zero-order valence-electron chi connectivity index (χ0n) is 8.42. The van der Waals surface area contributed by atoms with E-state index in [0.29, 0.717) is 13.0 Å². The average molecular weight is 186 g/mol. The van der Waals surface area contributed by atoms with Gasteiger partial charge in [-0.25, -0.2) is 0 Å². The Kier molecular flexibility index (Phi) is 2.93. The van der Waals surface area contributed by atoms with E-state index in [2.05, 4.69) is 10.6 Å². The molecule has 76 valence electrons. The highest BCUT2D eigenvalue weighted by Gasteiger charge is 2.29. The minimum atomic E-state index is -0.379. The molecule has 3 N–H and O–H groups in total. The minimum Gasteiger partial charge on any atom is -0.392 e. The lowest BCUT2D eigenvalue weighted by molar-refractivity contribution is -0.124. The predicted octanol–water partition coefficient (Wildman–Crippen LogP) is -0.376. The molecule has 0 aromatic rings. The Balaban J connectivity index is 2.41. The van der Waals surface area contributed by atoms with Crippen LogP contribution in [-0.4, -0.2) is 35.2 Å². The van der Waals surface area contributed by atoms with Crippen molar-refractivity contribution in [3.05, 3.63) is 0 Å². The molecule has 0 aliphatic carbocycles. The molecule has 1 heterocycles. The third-order valence-electron chi connectivity index (χ3n) is 1.92. The van der Waals surface area contributed by atoms with E-state index in [9.17, 15) is 9.90 Å². The Bertz CT molecular complexity index is 198. The number of hydrogen-bond acceptors (Lipinski definition) is 3. The van der Waals surface area contributed by atoms with Crippen LogP contribution in [0.5, 0.6) is 0 Å². The highest BCUT2D eigenvalue weighted by Crippen LogP contribution is 2.08. The largest absolute Gasteiger partial charge is 0.392 e. The lowest BCUT2D eigenvalue weighted by Crippen LogP contribution is -2.48. The van der Waals surface area contributed by atoms with Crippen molar-refractivity contribution in [1.82, 2.24) is 10.6 Å². The molecule has 1 rings (SSSR count). The number of β-amino-alcohol motifs (C(OH)–C–C–N with tert-alkyl or cyclic N) is 1. The van der Waals surface area contributed by atoms with Crippen LogP contribution in [0.3, 0.4) is 0 Å². The smallest absolute Gasteiger partial charge is 0.237 e. The fourth-order valence-electron chi connectivity index (χ4n) is 1.37.